The molecular weight excluding hydrogens is 859 g/mol. The quantitative estimate of drug-likeness (QED) is 0.143. The summed E-state index contributed by atoms with van der Waals surface area (Å²) in [6.07, 6.45) is 0.820. The summed E-state index contributed by atoms with van der Waals surface area (Å²) in [5.74, 6) is -0.00817. The second-order valence-electron chi connectivity index (χ2n) is 19.1. The molecule has 0 bridgehead atoms. The van der Waals surface area contributed by atoms with Crippen LogP contribution in [0.1, 0.15) is 44.9 Å². The second-order valence-corrected chi connectivity index (χ2v) is 19.1. The fourth-order valence-electron chi connectivity index (χ4n) is 12.2. The molecule has 1 heterocycles. The number of hydrogen-bond donors (Lipinski definition) is 0. The fraction of sp³-hybridized carbons (Fsp3) is 0.0435. The van der Waals surface area contributed by atoms with Gasteiger partial charge in [0.25, 0.3) is 0 Å². The smallest absolute Gasteiger partial charge is 0.143 e. The van der Waals surface area contributed by atoms with Crippen LogP contribution in [0.5, 0.6) is 0 Å². The van der Waals surface area contributed by atoms with E-state index in [0.29, 0.717) is 0 Å². The standard InChI is InChI=1S/C69H47NO/c1-5-19-46(20-6-1)43-59(51-35-33-49(34-36-51)47-21-7-2-8-22-47)60-44-54(70(52-25-11-4-12-26-52)53-39-37-50(38-40-53)48-23-9-3-10-24-48)45-64-66(60)57-28-13-16-30-61(57)69(64)62-31-17-14-29-58(62)67-63(69)42-41-56-55-27-15-18-32-65(55)71-68(56)67/h1-42,44-45,59H,43H2. The Morgan fingerprint density at radius 3 is 1.55 bits per heavy atom. The van der Waals surface area contributed by atoms with Crippen LogP contribution in [0.15, 0.2) is 271 Å². The van der Waals surface area contributed by atoms with E-state index in [2.05, 4.69) is 272 Å². The van der Waals surface area contributed by atoms with E-state index in [1.165, 1.54) is 83.5 Å². The molecule has 0 radical (unpaired) electrons. The van der Waals surface area contributed by atoms with Gasteiger partial charge in [0.15, 0.2) is 0 Å². The van der Waals surface area contributed by atoms with Crippen LogP contribution in [0.25, 0.3) is 66.4 Å². The van der Waals surface area contributed by atoms with Crippen LogP contribution in [-0.2, 0) is 11.8 Å². The van der Waals surface area contributed by atoms with Gasteiger partial charge in [-0.3, -0.25) is 0 Å². The molecule has 14 rings (SSSR count). The van der Waals surface area contributed by atoms with Crippen molar-refractivity contribution >= 4 is 39.0 Å². The molecule has 2 aliphatic rings. The van der Waals surface area contributed by atoms with Crippen molar-refractivity contribution in [2.45, 2.75) is 17.8 Å². The zero-order chi connectivity index (χ0) is 46.9. The Morgan fingerprint density at radius 2 is 0.887 bits per heavy atom. The van der Waals surface area contributed by atoms with Gasteiger partial charge >= 0.3 is 0 Å². The number of anilines is 3. The maximum Gasteiger partial charge on any atom is 0.143 e. The third kappa shape index (κ3) is 6.49. The van der Waals surface area contributed by atoms with Crippen LogP contribution >= 0.6 is 0 Å². The monoisotopic (exact) mass is 905 g/mol. The molecule has 12 aromatic rings. The summed E-state index contributed by atoms with van der Waals surface area (Å²) in [6.45, 7) is 0. The van der Waals surface area contributed by atoms with E-state index >= 15 is 0 Å². The first-order valence-corrected chi connectivity index (χ1v) is 24.8. The molecule has 0 saturated heterocycles. The van der Waals surface area contributed by atoms with Crippen molar-refractivity contribution in [1.82, 2.24) is 0 Å². The minimum absolute atomic E-state index is 0.00817. The molecule has 11 aromatic carbocycles. The summed E-state index contributed by atoms with van der Waals surface area (Å²) in [6, 6.07) is 98.4. The molecule has 2 nitrogen and oxygen atoms in total. The molecule has 2 heteroatoms. The third-order valence-electron chi connectivity index (χ3n) is 15.3. The van der Waals surface area contributed by atoms with Crippen molar-refractivity contribution in [3.05, 3.63) is 306 Å². The Labute approximate surface area is 414 Å². The highest BCUT2D eigenvalue weighted by Crippen LogP contribution is 2.66. The van der Waals surface area contributed by atoms with E-state index in [0.717, 1.165) is 45.4 Å². The molecule has 71 heavy (non-hydrogen) atoms. The third-order valence-corrected chi connectivity index (χ3v) is 15.3. The van der Waals surface area contributed by atoms with Crippen LogP contribution < -0.4 is 4.90 Å². The van der Waals surface area contributed by atoms with E-state index in [1.807, 2.05) is 0 Å². The van der Waals surface area contributed by atoms with E-state index < -0.39 is 5.41 Å². The van der Waals surface area contributed by atoms with Crippen molar-refractivity contribution in [2.75, 3.05) is 4.90 Å². The predicted molar refractivity (Wildman–Crippen MR) is 294 cm³/mol. The Hall–Kier alpha value is -8.98. The number of benzene rings is 11. The van der Waals surface area contributed by atoms with Crippen LogP contribution in [0, 0.1) is 0 Å². The molecule has 0 amide bonds. The summed E-state index contributed by atoms with van der Waals surface area (Å²) in [5.41, 5.74) is 23.3. The van der Waals surface area contributed by atoms with Gasteiger partial charge in [-0.05, 0) is 127 Å². The molecule has 0 aliphatic heterocycles. The number of rotatable bonds is 9. The van der Waals surface area contributed by atoms with Gasteiger partial charge in [-0.2, -0.15) is 0 Å². The maximum atomic E-state index is 6.97. The first-order valence-electron chi connectivity index (χ1n) is 24.8. The molecule has 2 aliphatic carbocycles. The van der Waals surface area contributed by atoms with Gasteiger partial charge in [0, 0.05) is 39.3 Å². The Kier molecular flexibility index (Phi) is 9.60. The van der Waals surface area contributed by atoms with Gasteiger partial charge in [0.2, 0.25) is 0 Å². The van der Waals surface area contributed by atoms with Crippen LogP contribution in [0.2, 0.25) is 0 Å². The minimum Gasteiger partial charge on any atom is -0.455 e. The van der Waals surface area contributed by atoms with Crippen molar-refractivity contribution in [3.8, 4) is 44.5 Å². The second kappa shape index (κ2) is 16.6. The summed E-state index contributed by atoms with van der Waals surface area (Å²) in [5, 5.41) is 2.28. The van der Waals surface area contributed by atoms with Gasteiger partial charge in [0.05, 0.1) is 5.41 Å². The molecule has 0 N–H and O–H groups in total. The predicted octanol–water partition coefficient (Wildman–Crippen LogP) is 18.1. The highest BCUT2D eigenvalue weighted by molar-refractivity contribution is 6.13. The fourth-order valence-corrected chi connectivity index (χ4v) is 12.2. The average Bonchev–Trinajstić information content (AvgIpc) is 4.09. The van der Waals surface area contributed by atoms with Crippen LogP contribution in [-0.4, -0.2) is 0 Å². The number of hydrogen-bond acceptors (Lipinski definition) is 2. The highest BCUT2D eigenvalue weighted by atomic mass is 16.3. The van der Waals surface area contributed by atoms with Crippen molar-refractivity contribution in [3.63, 3.8) is 0 Å². The van der Waals surface area contributed by atoms with E-state index in [4.69, 9.17) is 4.42 Å². The molecule has 1 spiro atoms. The van der Waals surface area contributed by atoms with Crippen molar-refractivity contribution in [2.24, 2.45) is 0 Å². The number of nitrogens with zero attached hydrogens (tertiary/aromatic N) is 1. The van der Waals surface area contributed by atoms with Gasteiger partial charge in [0.1, 0.15) is 11.2 Å². The zero-order valence-electron chi connectivity index (χ0n) is 39.0. The molecule has 2 atom stereocenters. The molecule has 0 saturated carbocycles. The number of furan rings is 1. The lowest BCUT2D eigenvalue weighted by Crippen LogP contribution is -2.26. The molecule has 334 valence electrons. The number of para-hydroxylation sites is 2. The number of fused-ring (bicyclic) bond motifs is 14. The van der Waals surface area contributed by atoms with Gasteiger partial charge in [-0.15, -0.1) is 0 Å². The topological polar surface area (TPSA) is 16.4 Å². The maximum absolute atomic E-state index is 6.97. The van der Waals surface area contributed by atoms with Crippen LogP contribution in [0.3, 0.4) is 0 Å². The van der Waals surface area contributed by atoms with E-state index in [-0.39, 0.29) is 5.92 Å². The lowest BCUT2D eigenvalue weighted by Gasteiger charge is -2.33. The normalized spacial score (nSPS) is 14.5. The van der Waals surface area contributed by atoms with Gasteiger partial charge < -0.3 is 9.32 Å². The first kappa shape index (κ1) is 41.0. The molecule has 0 fully saturated rings. The Morgan fingerprint density at radius 1 is 0.366 bits per heavy atom. The lowest BCUT2D eigenvalue weighted by atomic mass is 9.70. The lowest BCUT2D eigenvalue weighted by molar-refractivity contribution is 0.669. The Bertz CT molecular complexity index is 3930. The summed E-state index contributed by atoms with van der Waals surface area (Å²) in [4.78, 5) is 2.47. The van der Waals surface area contributed by atoms with Gasteiger partial charge in [-0.25, -0.2) is 0 Å². The van der Waals surface area contributed by atoms with E-state index in [9.17, 15) is 0 Å². The molecule has 2 unspecified atom stereocenters. The first-order chi connectivity index (χ1) is 35.2. The zero-order valence-corrected chi connectivity index (χ0v) is 39.0. The average molecular weight is 906 g/mol. The summed E-state index contributed by atoms with van der Waals surface area (Å²) in [7, 11) is 0. The van der Waals surface area contributed by atoms with Gasteiger partial charge in [-0.1, -0.05) is 224 Å². The molecule has 1 aromatic heterocycles. The summed E-state index contributed by atoms with van der Waals surface area (Å²) < 4.78 is 6.97. The Balaban J connectivity index is 1.09. The SMILES string of the molecule is c1ccc(CC(c2ccc(-c3ccccc3)cc2)c2cc(N(c3ccccc3)c3ccc(-c4ccccc4)cc3)cc3c2-c2ccccc2C32c3ccccc3-c3c2ccc2c3oc3ccccc32)cc1. The van der Waals surface area contributed by atoms with Crippen LogP contribution in [0.4, 0.5) is 17.1 Å². The van der Waals surface area contributed by atoms with E-state index in [1.54, 1.807) is 0 Å². The van der Waals surface area contributed by atoms with Crippen molar-refractivity contribution in [1.29, 1.82) is 0 Å². The minimum atomic E-state index is -0.649. The summed E-state index contributed by atoms with van der Waals surface area (Å²) >= 11 is 0. The molecular formula is C69H47NO. The highest BCUT2D eigenvalue weighted by Gasteiger charge is 2.53. The largest absolute Gasteiger partial charge is 0.455 e. The van der Waals surface area contributed by atoms with Crippen molar-refractivity contribution < 1.29 is 4.42 Å².